The molecule has 0 saturated carbocycles. The molecule has 0 spiro atoms. The Labute approximate surface area is 218 Å². The molecule has 0 nitrogen and oxygen atoms in total. The number of rotatable bonds is 11. The van der Waals surface area contributed by atoms with Gasteiger partial charge in [-0.2, -0.15) is 0 Å². The molecule has 0 aliphatic heterocycles. The van der Waals surface area contributed by atoms with Gasteiger partial charge >= 0.3 is 0 Å². The maximum absolute atomic E-state index is 2.31. The number of hydrogen-bond donors (Lipinski definition) is 0. The van der Waals surface area contributed by atoms with Crippen molar-refractivity contribution in [3.63, 3.8) is 0 Å². The fourth-order valence-corrected chi connectivity index (χ4v) is 4.58. The Morgan fingerprint density at radius 1 is 0.556 bits per heavy atom. The second kappa shape index (κ2) is 13.4. The van der Waals surface area contributed by atoms with Crippen LogP contribution in [0.25, 0.3) is 12.2 Å². The van der Waals surface area contributed by atoms with E-state index in [-0.39, 0.29) is 0 Å². The first-order chi connectivity index (χ1) is 17.7. The van der Waals surface area contributed by atoms with Crippen molar-refractivity contribution < 1.29 is 0 Å². The molecule has 1 atom stereocenters. The molecule has 0 heterocycles. The monoisotopic (exact) mass is 470 g/mol. The van der Waals surface area contributed by atoms with Crippen LogP contribution >= 0.6 is 0 Å². The van der Waals surface area contributed by atoms with E-state index in [1.165, 1.54) is 38.9 Å². The van der Waals surface area contributed by atoms with Crippen LogP contribution < -0.4 is 0 Å². The lowest BCUT2D eigenvalue weighted by molar-refractivity contribution is 0.758. The van der Waals surface area contributed by atoms with Gasteiger partial charge in [0.25, 0.3) is 0 Å². The van der Waals surface area contributed by atoms with Gasteiger partial charge < -0.3 is 0 Å². The van der Waals surface area contributed by atoms with Crippen molar-refractivity contribution in [2.45, 2.75) is 51.9 Å². The lowest BCUT2D eigenvalue weighted by atomic mass is 9.93. The summed E-state index contributed by atoms with van der Waals surface area (Å²) in [5.74, 6) is 0.539. The Balaban J connectivity index is 1.24. The van der Waals surface area contributed by atoms with Crippen molar-refractivity contribution in [2.24, 2.45) is 0 Å². The molecule has 0 heteroatoms. The molecule has 0 bridgehead atoms. The smallest absolute Gasteiger partial charge is 0.0150 e. The van der Waals surface area contributed by atoms with Gasteiger partial charge in [0.05, 0.1) is 0 Å². The standard InChI is InChI=1S/C36H38/c1-3-4-6-9-30-12-14-31(15-13-30)16-17-32-18-20-33(21-19-32)22-23-34-24-26-35(27-25-34)28-29(2)36-10-7-5-8-11-36/h3-5,7-8,10-21,24-27,29H,6,9,22-23,28H2,1-2H3/b4-3+,17-16?/t29-/m0/s1. The average Bonchev–Trinajstić information content (AvgIpc) is 2.93. The highest BCUT2D eigenvalue weighted by molar-refractivity contribution is 5.69. The van der Waals surface area contributed by atoms with Crippen LogP contribution in [0.1, 0.15) is 65.1 Å². The van der Waals surface area contributed by atoms with Gasteiger partial charge in [0.1, 0.15) is 0 Å². The largest absolute Gasteiger partial charge is 0.0917 e. The molecule has 0 unspecified atom stereocenters. The zero-order valence-electron chi connectivity index (χ0n) is 21.7. The molecule has 4 rings (SSSR count). The number of aryl methyl sites for hydroxylation is 3. The minimum Gasteiger partial charge on any atom is -0.0917 e. The van der Waals surface area contributed by atoms with E-state index >= 15 is 0 Å². The second-order valence-corrected chi connectivity index (χ2v) is 9.76. The molecule has 4 aromatic rings. The lowest BCUT2D eigenvalue weighted by Crippen LogP contribution is -1.99. The summed E-state index contributed by atoms with van der Waals surface area (Å²) in [6.07, 6.45) is 14.2. The first kappa shape index (κ1) is 25.5. The van der Waals surface area contributed by atoms with Gasteiger partial charge in [-0.15, -0.1) is 0 Å². The molecule has 0 aromatic heterocycles. The first-order valence-corrected chi connectivity index (χ1v) is 13.3. The van der Waals surface area contributed by atoms with Gasteiger partial charge in [0.2, 0.25) is 0 Å². The lowest BCUT2D eigenvalue weighted by Gasteiger charge is -2.12. The van der Waals surface area contributed by atoms with Crippen LogP contribution in [0.5, 0.6) is 0 Å². The van der Waals surface area contributed by atoms with Gasteiger partial charge in [0, 0.05) is 0 Å². The predicted molar refractivity (Wildman–Crippen MR) is 157 cm³/mol. The van der Waals surface area contributed by atoms with Crippen LogP contribution in [-0.2, 0) is 25.7 Å². The summed E-state index contributed by atoms with van der Waals surface area (Å²) < 4.78 is 0. The van der Waals surface area contributed by atoms with Crippen LogP contribution in [-0.4, -0.2) is 0 Å². The molecular formula is C36H38. The normalized spacial score (nSPS) is 12.4. The zero-order valence-corrected chi connectivity index (χ0v) is 21.7. The molecule has 4 aromatic carbocycles. The fraction of sp³-hybridized carbons (Fsp3) is 0.222. The summed E-state index contributed by atoms with van der Waals surface area (Å²) in [6, 6.07) is 37.9. The highest BCUT2D eigenvalue weighted by Gasteiger charge is 2.06. The van der Waals surface area contributed by atoms with Crippen molar-refractivity contribution in [2.75, 3.05) is 0 Å². The molecule has 0 fully saturated rings. The van der Waals surface area contributed by atoms with Crippen molar-refractivity contribution in [3.05, 3.63) is 154 Å². The van der Waals surface area contributed by atoms with Gasteiger partial charge in [-0.25, -0.2) is 0 Å². The fourth-order valence-electron chi connectivity index (χ4n) is 4.58. The van der Waals surface area contributed by atoms with Gasteiger partial charge in [0.15, 0.2) is 0 Å². The van der Waals surface area contributed by atoms with Gasteiger partial charge in [-0.3, -0.25) is 0 Å². The average molecular weight is 471 g/mol. The van der Waals surface area contributed by atoms with E-state index in [0.29, 0.717) is 5.92 Å². The SMILES string of the molecule is C/C=C/CCc1ccc(C=Cc2ccc(CCc3ccc(C[C@H](C)c4ccccc4)cc3)cc2)cc1. The molecule has 0 radical (unpaired) electrons. The van der Waals surface area contributed by atoms with Gasteiger partial charge in [-0.05, 0) is 83.9 Å². The molecule has 0 aliphatic carbocycles. The molecule has 182 valence electrons. The molecule has 36 heavy (non-hydrogen) atoms. The summed E-state index contributed by atoms with van der Waals surface area (Å²) in [4.78, 5) is 0. The highest BCUT2D eigenvalue weighted by atomic mass is 14.1. The molecule has 0 saturated heterocycles. The topological polar surface area (TPSA) is 0 Å². The molecule has 0 aliphatic rings. The van der Waals surface area contributed by atoms with E-state index in [1.807, 2.05) is 0 Å². The van der Waals surface area contributed by atoms with Crippen molar-refractivity contribution >= 4 is 12.2 Å². The Bertz CT molecular complexity index is 1220. The summed E-state index contributed by atoms with van der Waals surface area (Å²) in [5.41, 5.74) is 9.50. The summed E-state index contributed by atoms with van der Waals surface area (Å²) in [5, 5.41) is 0. The maximum Gasteiger partial charge on any atom is -0.0150 e. The van der Waals surface area contributed by atoms with E-state index in [1.54, 1.807) is 0 Å². The van der Waals surface area contributed by atoms with Crippen LogP contribution in [0.3, 0.4) is 0 Å². The third-order valence-electron chi connectivity index (χ3n) is 6.90. The third-order valence-corrected chi connectivity index (χ3v) is 6.90. The van der Waals surface area contributed by atoms with E-state index in [9.17, 15) is 0 Å². The summed E-state index contributed by atoms with van der Waals surface area (Å²) in [6.45, 7) is 4.39. The van der Waals surface area contributed by atoms with E-state index in [0.717, 1.165) is 32.1 Å². The van der Waals surface area contributed by atoms with Crippen molar-refractivity contribution in [1.82, 2.24) is 0 Å². The van der Waals surface area contributed by atoms with Crippen LogP contribution in [0.15, 0.2) is 115 Å². The quantitative estimate of drug-likeness (QED) is 0.151. The molecular weight excluding hydrogens is 432 g/mol. The Kier molecular flexibility index (Phi) is 9.51. The van der Waals surface area contributed by atoms with E-state index < -0.39 is 0 Å². The first-order valence-electron chi connectivity index (χ1n) is 13.3. The van der Waals surface area contributed by atoms with E-state index in [4.69, 9.17) is 0 Å². The van der Waals surface area contributed by atoms with Crippen molar-refractivity contribution in [1.29, 1.82) is 0 Å². The van der Waals surface area contributed by atoms with E-state index in [2.05, 4.69) is 141 Å². The van der Waals surface area contributed by atoms with Crippen LogP contribution in [0.4, 0.5) is 0 Å². The maximum atomic E-state index is 2.31. The molecule has 0 N–H and O–H groups in total. The van der Waals surface area contributed by atoms with Crippen LogP contribution in [0.2, 0.25) is 0 Å². The summed E-state index contributed by atoms with van der Waals surface area (Å²) >= 11 is 0. The second-order valence-electron chi connectivity index (χ2n) is 9.76. The third kappa shape index (κ3) is 7.95. The Morgan fingerprint density at radius 3 is 1.56 bits per heavy atom. The zero-order chi connectivity index (χ0) is 25.0. The minimum absolute atomic E-state index is 0.539. The minimum atomic E-state index is 0.539. The number of allylic oxidation sites excluding steroid dienone is 2. The highest BCUT2D eigenvalue weighted by Crippen LogP contribution is 2.21. The summed E-state index contributed by atoms with van der Waals surface area (Å²) in [7, 11) is 0. The van der Waals surface area contributed by atoms with Crippen LogP contribution in [0, 0.1) is 0 Å². The molecule has 0 amide bonds. The predicted octanol–water partition coefficient (Wildman–Crippen LogP) is 9.50. The van der Waals surface area contributed by atoms with Crippen molar-refractivity contribution in [3.8, 4) is 0 Å². The van der Waals surface area contributed by atoms with Gasteiger partial charge in [-0.1, -0.05) is 134 Å². The Hall–Kier alpha value is -3.64. The number of benzene rings is 4. The number of hydrogen-bond acceptors (Lipinski definition) is 0. The Morgan fingerprint density at radius 2 is 1.03 bits per heavy atom.